The normalized spacial score (nSPS) is 25.3. The largest absolute Gasteiger partial charge is 0.481 e. The summed E-state index contributed by atoms with van der Waals surface area (Å²) >= 11 is 1.58. The average molecular weight is 391 g/mol. The van der Waals surface area contributed by atoms with E-state index in [9.17, 15) is 14.4 Å². The first-order chi connectivity index (χ1) is 12.9. The molecule has 1 aliphatic heterocycles. The van der Waals surface area contributed by atoms with Gasteiger partial charge in [0, 0.05) is 17.4 Å². The molecule has 1 aliphatic carbocycles. The van der Waals surface area contributed by atoms with Crippen LogP contribution >= 0.6 is 11.8 Å². The lowest BCUT2D eigenvalue weighted by atomic mass is 9.81. The van der Waals surface area contributed by atoms with Gasteiger partial charge < -0.3 is 15.3 Å². The molecule has 2 amide bonds. The number of aliphatic carboxylic acids is 1. The molecule has 27 heavy (non-hydrogen) atoms. The second kappa shape index (κ2) is 8.33. The van der Waals surface area contributed by atoms with Crippen molar-refractivity contribution >= 4 is 35.2 Å². The number of thioether (sulfide) groups is 1. The lowest BCUT2D eigenvalue weighted by Gasteiger charge is -2.31. The Hall–Kier alpha value is -2.02. The molecule has 1 saturated heterocycles. The predicted octanol–water partition coefficient (Wildman–Crippen LogP) is 3.03. The van der Waals surface area contributed by atoms with Gasteiger partial charge in [0.1, 0.15) is 6.04 Å². The van der Waals surface area contributed by atoms with E-state index in [1.54, 1.807) is 16.7 Å². The van der Waals surface area contributed by atoms with Gasteiger partial charge in [0.25, 0.3) is 0 Å². The maximum absolute atomic E-state index is 13.0. The second-order valence-electron chi connectivity index (χ2n) is 7.45. The van der Waals surface area contributed by atoms with Crippen molar-refractivity contribution in [3.63, 3.8) is 0 Å². The minimum atomic E-state index is -0.775. The number of nitrogens with one attached hydrogen (secondary N) is 1. The number of hydrogen-bond donors (Lipinski definition) is 2. The minimum absolute atomic E-state index is 0.00930. The topological polar surface area (TPSA) is 86.7 Å². The number of carbonyl (C=O) groups is 3. The molecule has 2 fully saturated rings. The van der Waals surface area contributed by atoms with Gasteiger partial charge in [-0.15, -0.1) is 11.8 Å². The maximum atomic E-state index is 13.0. The molecule has 0 radical (unpaired) electrons. The van der Waals surface area contributed by atoms with Gasteiger partial charge in [-0.3, -0.25) is 14.4 Å². The summed E-state index contributed by atoms with van der Waals surface area (Å²) in [5, 5.41) is 12.1. The van der Waals surface area contributed by atoms with Crippen LogP contribution in [0.15, 0.2) is 18.2 Å². The smallest absolute Gasteiger partial charge is 0.306 e. The van der Waals surface area contributed by atoms with Gasteiger partial charge in [-0.1, -0.05) is 12.1 Å². The fourth-order valence-corrected chi connectivity index (χ4v) is 4.97. The van der Waals surface area contributed by atoms with E-state index >= 15 is 0 Å². The molecular formula is C20H26N2O4S. The first-order valence-corrected chi connectivity index (χ1v) is 10.5. The Bertz CT molecular complexity index is 743. The number of carboxylic acid groups (broad SMARTS) is 1. The van der Waals surface area contributed by atoms with Crippen molar-refractivity contribution in [3.8, 4) is 0 Å². The van der Waals surface area contributed by atoms with Crippen LogP contribution in [0.2, 0.25) is 0 Å². The predicted molar refractivity (Wildman–Crippen MR) is 106 cm³/mol. The van der Waals surface area contributed by atoms with Crippen molar-refractivity contribution in [2.45, 2.75) is 45.6 Å². The fourth-order valence-electron chi connectivity index (χ4n) is 3.80. The van der Waals surface area contributed by atoms with E-state index in [2.05, 4.69) is 5.32 Å². The summed E-state index contributed by atoms with van der Waals surface area (Å²) in [5.41, 5.74) is 2.92. The second-order valence-corrected chi connectivity index (χ2v) is 8.45. The Morgan fingerprint density at radius 1 is 1.11 bits per heavy atom. The Kier molecular flexibility index (Phi) is 6.09. The molecule has 7 heteroatoms. The molecule has 2 aliphatic rings. The molecule has 0 bridgehead atoms. The van der Waals surface area contributed by atoms with E-state index in [1.165, 1.54) is 0 Å². The van der Waals surface area contributed by atoms with E-state index < -0.39 is 12.0 Å². The summed E-state index contributed by atoms with van der Waals surface area (Å²) in [6, 6.07) is 5.31. The van der Waals surface area contributed by atoms with Gasteiger partial charge in [0.05, 0.1) is 11.8 Å². The molecule has 1 saturated carbocycles. The molecule has 1 unspecified atom stereocenters. The van der Waals surface area contributed by atoms with Gasteiger partial charge in [-0.25, -0.2) is 0 Å². The zero-order valence-electron chi connectivity index (χ0n) is 15.7. The van der Waals surface area contributed by atoms with Crippen molar-refractivity contribution in [1.82, 2.24) is 4.90 Å². The quantitative estimate of drug-likeness (QED) is 0.825. The van der Waals surface area contributed by atoms with Gasteiger partial charge in [-0.05, 0) is 56.7 Å². The molecule has 1 aromatic rings. The molecule has 146 valence electrons. The third-order valence-corrected chi connectivity index (χ3v) is 6.77. The monoisotopic (exact) mass is 390 g/mol. The van der Waals surface area contributed by atoms with Crippen LogP contribution in [0, 0.1) is 25.7 Å². The van der Waals surface area contributed by atoms with Crippen LogP contribution in [0.1, 0.15) is 36.8 Å². The van der Waals surface area contributed by atoms with Crippen LogP contribution in [-0.4, -0.2) is 45.5 Å². The highest BCUT2D eigenvalue weighted by Crippen LogP contribution is 2.33. The van der Waals surface area contributed by atoms with Crippen molar-refractivity contribution < 1.29 is 19.5 Å². The van der Waals surface area contributed by atoms with Crippen LogP contribution in [0.3, 0.4) is 0 Å². The molecule has 1 atom stereocenters. The molecule has 0 spiro atoms. The number of rotatable bonds is 4. The van der Waals surface area contributed by atoms with Crippen molar-refractivity contribution in [2.75, 3.05) is 16.9 Å². The Labute approximate surface area is 163 Å². The summed E-state index contributed by atoms with van der Waals surface area (Å²) in [6.45, 7) is 3.97. The van der Waals surface area contributed by atoms with Gasteiger partial charge >= 0.3 is 5.97 Å². The van der Waals surface area contributed by atoms with Crippen LogP contribution in [0.4, 0.5) is 5.69 Å². The number of anilines is 1. The van der Waals surface area contributed by atoms with Gasteiger partial charge in [0.2, 0.25) is 11.8 Å². The molecule has 1 heterocycles. The summed E-state index contributed by atoms with van der Waals surface area (Å²) < 4.78 is 0. The zero-order chi connectivity index (χ0) is 19.6. The molecule has 6 nitrogen and oxygen atoms in total. The minimum Gasteiger partial charge on any atom is -0.481 e. The van der Waals surface area contributed by atoms with Crippen LogP contribution in [0.25, 0.3) is 0 Å². The number of nitrogens with zero attached hydrogens (tertiary/aromatic N) is 1. The number of hydrogen-bond acceptors (Lipinski definition) is 4. The highest BCUT2D eigenvalue weighted by atomic mass is 32.2. The number of carboxylic acids is 1. The third kappa shape index (κ3) is 4.29. The van der Waals surface area contributed by atoms with Crippen molar-refractivity contribution in [3.05, 3.63) is 29.3 Å². The number of benzene rings is 1. The van der Waals surface area contributed by atoms with E-state index in [0.29, 0.717) is 37.3 Å². The van der Waals surface area contributed by atoms with Gasteiger partial charge in [-0.2, -0.15) is 0 Å². The molecular weight excluding hydrogens is 364 g/mol. The number of aryl methyl sites for hydroxylation is 1. The lowest BCUT2D eigenvalue weighted by molar-refractivity contribution is -0.146. The Balaban J connectivity index is 1.64. The van der Waals surface area contributed by atoms with E-state index in [4.69, 9.17) is 5.11 Å². The van der Waals surface area contributed by atoms with Crippen molar-refractivity contribution in [2.24, 2.45) is 11.8 Å². The van der Waals surface area contributed by atoms with Crippen LogP contribution in [0.5, 0.6) is 0 Å². The number of carbonyl (C=O) groups excluding carboxylic acids is 2. The lowest BCUT2D eigenvalue weighted by Crippen LogP contribution is -2.47. The summed E-state index contributed by atoms with van der Waals surface area (Å²) in [6.07, 6.45) is 2.24. The molecule has 1 aromatic carbocycles. The summed E-state index contributed by atoms with van der Waals surface area (Å²) in [4.78, 5) is 38.6. The molecule has 0 aromatic heterocycles. The van der Waals surface area contributed by atoms with Crippen molar-refractivity contribution in [1.29, 1.82) is 0 Å². The maximum Gasteiger partial charge on any atom is 0.306 e. The average Bonchev–Trinajstić information content (AvgIpc) is 3.15. The van der Waals surface area contributed by atoms with Crippen LogP contribution < -0.4 is 5.32 Å². The zero-order valence-corrected chi connectivity index (χ0v) is 16.6. The van der Waals surface area contributed by atoms with E-state index in [1.807, 2.05) is 32.0 Å². The molecule has 3 rings (SSSR count). The first-order valence-electron chi connectivity index (χ1n) is 9.36. The Morgan fingerprint density at radius 2 is 1.78 bits per heavy atom. The molecule has 2 N–H and O–H groups in total. The fraction of sp³-hybridized carbons (Fsp3) is 0.550. The van der Waals surface area contributed by atoms with Crippen LogP contribution in [-0.2, 0) is 14.4 Å². The SMILES string of the molecule is Cc1cccc(NC(=O)C2CSCN2C(=O)C2CCC(C(=O)O)CC2)c1C. The standard InChI is InChI=1S/C20H26N2O4S/c1-12-4-3-5-16(13(12)2)21-18(23)17-10-27-11-22(17)19(24)14-6-8-15(9-7-14)20(25)26/h3-5,14-15,17H,6-11H2,1-2H3,(H,21,23)(H,25,26). The first kappa shape index (κ1) is 19.7. The number of amides is 2. The highest BCUT2D eigenvalue weighted by molar-refractivity contribution is 7.99. The third-order valence-electron chi connectivity index (χ3n) is 5.76. The van der Waals surface area contributed by atoms with E-state index in [-0.39, 0.29) is 23.7 Å². The summed E-state index contributed by atoms with van der Waals surface area (Å²) in [7, 11) is 0. The van der Waals surface area contributed by atoms with E-state index in [0.717, 1.165) is 16.8 Å². The highest BCUT2D eigenvalue weighted by Gasteiger charge is 2.39. The van der Waals surface area contributed by atoms with Gasteiger partial charge in [0.15, 0.2) is 0 Å². The summed E-state index contributed by atoms with van der Waals surface area (Å²) in [5.74, 6) is -0.342. The Morgan fingerprint density at radius 3 is 2.44 bits per heavy atom.